The average molecular weight is 337 g/mol. The minimum Gasteiger partial charge on any atom is -0.336 e. The summed E-state index contributed by atoms with van der Waals surface area (Å²) in [5.74, 6) is 2.07. The van der Waals surface area contributed by atoms with Gasteiger partial charge < -0.3 is 10.6 Å². The molecule has 0 bridgehead atoms. The summed E-state index contributed by atoms with van der Waals surface area (Å²) in [7, 11) is 0. The van der Waals surface area contributed by atoms with Gasteiger partial charge in [-0.1, -0.05) is 12.8 Å². The molecule has 4 nitrogen and oxygen atoms in total. The van der Waals surface area contributed by atoms with Gasteiger partial charge in [0.15, 0.2) is 0 Å². The largest absolute Gasteiger partial charge is 0.336 e. The monoisotopic (exact) mass is 337 g/mol. The number of anilines is 1. The van der Waals surface area contributed by atoms with Gasteiger partial charge in [0.2, 0.25) is 0 Å². The van der Waals surface area contributed by atoms with Crippen LogP contribution < -0.4 is 10.6 Å². The molecule has 3 rings (SSSR count). The lowest BCUT2D eigenvalue weighted by Gasteiger charge is -2.43. The van der Waals surface area contributed by atoms with Crippen molar-refractivity contribution in [2.45, 2.75) is 31.2 Å². The van der Waals surface area contributed by atoms with Gasteiger partial charge in [-0.2, -0.15) is 11.8 Å². The zero-order chi connectivity index (χ0) is 16.1. The number of urea groups is 1. The van der Waals surface area contributed by atoms with Crippen LogP contribution in [0.2, 0.25) is 0 Å². The van der Waals surface area contributed by atoms with Crippen LogP contribution in [0.4, 0.5) is 14.9 Å². The number of nitrogens with zero attached hydrogens (tertiary/aromatic N) is 1. The number of rotatable bonds is 4. The zero-order valence-corrected chi connectivity index (χ0v) is 14.1. The molecule has 1 saturated heterocycles. The van der Waals surface area contributed by atoms with Crippen LogP contribution in [-0.4, -0.2) is 47.6 Å². The Labute approximate surface area is 141 Å². The summed E-state index contributed by atoms with van der Waals surface area (Å²) >= 11 is 2.01. The van der Waals surface area contributed by atoms with Gasteiger partial charge in [-0.3, -0.25) is 4.90 Å². The molecular weight excluding hydrogens is 313 g/mol. The van der Waals surface area contributed by atoms with Gasteiger partial charge in [0, 0.05) is 42.4 Å². The Balaban J connectivity index is 1.56. The fourth-order valence-electron chi connectivity index (χ4n) is 3.63. The highest BCUT2D eigenvalue weighted by molar-refractivity contribution is 7.99. The highest BCUT2D eigenvalue weighted by Gasteiger charge is 2.40. The Kier molecular flexibility index (Phi) is 5.43. The number of hydrogen-bond donors (Lipinski definition) is 2. The SMILES string of the molecule is O=C(NCC1(N2CCSCC2)CCCC1)Nc1ccc(F)cc1. The molecule has 0 radical (unpaired) electrons. The molecule has 0 unspecified atom stereocenters. The molecule has 0 spiro atoms. The number of thioether (sulfide) groups is 1. The van der Waals surface area contributed by atoms with Crippen molar-refractivity contribution in [2.24, 2.45) is 0 Å². The molecular formula is C17H24FN3OS. The van der Waals surface area contributed by atoms with Crippen molar-refractivity contribution in [1.29, 1.82) is 0 Å². The van der Waals surface area contributed by atoms with Gasteiger partial charge in [0.05, 0.1) is 0 Å². The fraction of sp³-hybridized carbons (Fsp3) is 0.588. The minimum atomic E-state index is -0.302. The van der Waals surface area contributed by atoms with Crippen molar-refractivity contribution in [1.82, 2.24) is 10.2 Å². The summed E-state index contributed by atoms with van der Waals surface area (Å²) in [6, 6.07) is 5.62. The summed E-state index contributed by atoms with van der Waals surface area (Å²) in [6.07, 6.45) is 4.80. The molecule has 1 aliphatic carbocycles. The van der Waals surface area contributed by atoms with Gasteiger partial charge in [0.1, 0.15) is 5.82 Å². The van der Waals surface area contributed by atoms with Crippen LogP contribution in [0, 0.1) is 5.82 Å². The Hall–Kier alpha value is -1.27. The molecule has 1 aliphatic heterocycles. The standard InChI is InChI=1S/C17H24FN3OS/c18-14-3-5-15(6-4-14)20-16(22)19-13-17(7-1-2-8-17)21-9-11-23-12-10-21/h3-6H,1-2,7-13H2,(H2,19,20,22). The predicted octanol–water partition coefficient (Wildman–Crippen LogP) is 3.31. The second-order valence-corrected chi connectivity index (χ2v) is 7.57. The molecule has 2 fully saturated rings. The van der Waals surface area contributed by atoms with Gasteiger partial charge >= 0.3 is 6.03 Å². The molecule has 2 amide bonds. The zero-order valence-electron chi connectivity index (χ0n) is 13.3. The van der Waals surface area contributed by atoms with E-state index in [0.717, 1.165) is 25.9 Å². The van der Waals surface area contributed by atoms with Crippen molar-refractivity contribution in [3.8, 4) is 0 Å². The average Bonchev–Trinajstić information content (AvgIpc) is 3.06. The number of carbonyl (C=O) groups is 1. The molecule has 126 valence electrons. The van der Waals surface area contributed by atoms with Crippen molar-refractivity contribution < 1.29 is 9.18 Å². The highest BCUT2D eigenvalue weighted by atomic mass is 32.2. The van der Waals surface area contributed by atoms with Crippen molar-refractivity contribution >= 4 is 23.5 Å². The molecule has 1 saturated carbocycles. The van der Waals surface area contributed by atoms with E-state index < -0.39 is 0 Å². The Morgan fingerprint density at radius 1 is 1.17 bits per heavy atom. The van der Waals surface area contributed by atoms with Gasteiger partial charge in [0.25, 0.3) is 0 Å². The molecule has 6 heteroatoms. The second-order valence-electron chi connectivity index (χ2n) is 6.35. The Morgan fingerprint density at radius 2 is 1.83 bits per heavy atom. The van der Waals surface area contributed by atoms with Crippen LogP contribution >= 0.6 is 11.8 Å². The predicted molar refractivity (Wildman–Crippen MR) is 93.5 cm³/mol. The Bertz CT molecular complexity index is 525. The third-order valence-electron chi connectivity index (χ3n) is 4.90. The lowest BCUT2D eigenvalue weighted by Crippen LogP contribution is -2.56. The maximum absolute atomic E-state index is 12.9. The number of benzene rings is 1. The van der Waals surface area contributed by atoms with Crippen LogP contribution in [0.1, 0.15) is 25.7 Å². The topological polar surface area (TPSA) is 44.4 Å². The Morgan fingerprint density at radius 3 is 2.48 bits per heavy atom. The quantitative estimate of drug-likeness (QED) is 0.886. The molecule has 23 heavy (non-hydrogen) atoms. The number of halogens is 1. The highest BCUT2D eigenvalue weighted by Crippen LogP contribution is 2.36. The van der Waals surface area contributed by atoms with Crippen molar-refractivity contribution in [2.75, 3.05) is 36.5 Å². The van der Waals surface area contributed by atoms with E-state index in [1.54, 1.807) is 12.1 Å². The second kappa shape index (κ2) is 7.53. The lowest BCUT2D eigenvalue weighted by molar-refractivity contribution is 0.105. The first-order valence-corrected chi connectivity index (χ1v) is 9.47. The normalized spacial score (nSPS) is 21.1. The van der Waals surface area contributed by atoms with E-state index >= 15 is 0 Å². The molecule has 1 aromatic carbocycles. The van der Waals surface area contributed by atoms with E-state index in [0.29, 0.717) is 12.2 Å². The molecule has 1 heterocycles. The minimum absolute atomic E-state index is 0.126. The smallest absolute Gasteiger partial charge is 0.319 e. The van der Waals surface area contributed by atoms with E-state index in [1.807, 2.05) is 11.8 Å². The van der Waals surface area contributed by atoms with Gasteiger partial charge in [-0.25, -0.2) is 9.18 Å². The van der Waals surface area contributed by atoms with Crippen molar-refractivity contribution in [3.63, 3.8) is 0 Å². The number of hydrogen-bond acceptors (Lipinski definition) is 3. The van der Waals surface area contributed by atoms with Crippen LogP contribution in [0.25, 0.3) is 0 Å². The third kappa shape index (κ3) is 4.18. The van der Waals surface area contributed by atoms with E-state index in [-0.39, 0.29) is 17.4 Å². The van der Waals surface area contributed by atoms with Gasteiger partial charge in [-0.05, 0) is 37.1 Å². The van der Waals surface area contributed by atoms with Gasteiger partial charge in [-0.15, -0.1) is 0 Å². The maximum atomic E-state index is 12.9. The van der Waals surface area contributed by atoms with Crippen LogP contribution in [0.15, 0.2) is 24.3 Å². The van der Waals surface area contributed by atoms with Crippen LogP contribution in [-0.2, 0) is 0 Å². The molecule has 0 aromatic heterocycles. The van der Waals surface area contributed by atoms with Crippen LogP contribution in [0.3, 0.4) is 0 Å². The van der Waals surface area contributed by atoms with E-state index in [9.17, 15) is 9.18 Å². The summed E-state index contributed by atoms with van der Waals surface area (Å²) in [4.78, 5) is 14.7. The third-order valence-corrected chi connectivity index (χ3v) is 5.84. The first kappa shape index (κ1) is 16.6. The van der Waals surface area contributed by atoms with E-state index in [1.165, 1.54) is 36.5 Å². The first-order chi connectivity index (χ1) is 11.2. The fourth-order valence-corrected chi connectivity index (χ4v) is 4.53. The number of nitrogens with one attached hydrogen (secondary N) is 2. The summed E-state index contributed by atoms with van der Waals surface area (Å²) in [5.41, 5.74) is 0.736. The van der Waals surface area contributed by atoms with E-state index in [2.05, 4.69) is 15.5 Å². The van der Waals surface area contributed by atoms with Crippen molar-refractivity contribution in [3.05, 3.63) is 30.1 Å². The molecule has 2 aliphatic rings. The van der Waals surface area contributed by atoms with E-state index in [4.69, 9.17) is 0 Å². The summed E-state index contributed by atoms with van der Waals surface area (Å²) < 4.78 is 12.9. The first-order valence-electron chi connectivity index (χ1n) is 8.31. The maximum Gasteiger partial charge on any atom is 0.319 e. The molecule has 2 N–H and O–H groups in total. The lowest BCUT2D eigenvalue weighted by atomic mass is 9.94. The van der Waals surface area contributed by atoms with Crippen LogP contribution in [0.5, 0.6) is 0 Å². The molecule has 0 atom stereocenters. The molecule has 1 aromatic rings. The summed E-state index contributed by atoms with van der Waals surface area (Å²) in [6.45, 7) is 2.92. The summed E-state index contributed by atoms with van der Waals surface area (Å²) in [5, 5.41) is 5.81. The number of amides is 2. The number of carbonyl (C=O) groups excluding carboxylic acids is 1.